The van der Waals surface area contributed by atoms with Crippen LogP contribution < -0.4 is 5.32 Å². The molecule has 0 radical (unpaired) electrons. The van der Waals surface area contributed by atoms with Crippen molar-refractivity contribution in [1.29, 1.82) is 0 Å². The number of benzene rings is 2. The van der Waals surface area contributed by atoms with Gasteiger partial charge in [-0.25, -0.2) is 4.79 Å². The van der Waals surface area contributed by atoms with Crippen molar-refractivity contribution in [2.75, 3.05) is 0 Å². The second-order valence-electron chi connectivity index (χ2n) is 5.44. The zero-order valence-electron chi connectivity index (χ0n) is 12.8. The Morgan fingerprint density at radius 2 is 1.92 bits per heavy atom. The lowest BCUT2D eigenvalue weighted by Crippen LogP contribution is -2.23. The van der Waals surface area contributed by atoms with E-state index in [0.29, 0.717) is 10.9 Å². The highest BCUT2D eigenvalue weighted by Crippen LogP contribution is 2.31. The van der Waals surface area contributed by atoms with Gasteiger partial charge in [-0.1, -0.05) is 24.3 Å². The Labute approximate surface area is 145 Å². The summed E-state index contributed by atoms with van der Waals surface area (Å²) in [5.74, 6) is -1.51. The number of hydrogen-bond acceptors (Lipinski definition) is 5. The third kappa shape index (κ3) is 2.72. The summed E-state index contributed by atoms with van der Waals surface area (Å²) in [6, 6.07) is 12.6. The normalized spacial score (nSPS) is 11.0. The average molecular weight is 352 g/mol. The van der Waals surface area contributed by atoms with Gasteiger partial charge in [0, 0.05) is 16.6 Å². The maximum absolute atomic E-state index is 12.5. The zero-order chi connectivity index (χ0) is 17.4. The molecule has 0 aliphatic rings. The number of carbonyl (C=O) groups is 2. The fraction of sp³-hybridized carbons (Fsp3) is 0.0588. The van der Waals surface area contributed by atoms with Crippen molar-refractivity contribution < 1.29 is 14.7 Å². The molecule has 4 rings (SSSR count). The molecular weight excluding hydrogens is 340 g/mol. The van der Waals surface area contributed by atoms with Gasteiger partial charge >= 0.3 is 5.97 Å². The van der Waals surface area contributed by atoms with Crippen LogP contribution in [0.3, 0.4) is 0 Å². The summed E-state index contributed by atoms with van der Waals surface area (Å²) in [5, 5.41) is 23.4. The van der Waals surface area contributed by atoms with Crippen molar-refractivity contribution in [1.82, 2.24) is 20.7 Å². The first-order chi connectivity index (χ1) is 12.1. The molecule has 7 nitrogen and oxygen atoms in total. The summed E-state index contributed by atoms with van der Waals surface area (Å²) in [5.41, 5.74) is 2.35. The van der Waals surface area contributed by atoms with E-state index in [1.807, 2.05) is 30.3 Å². The fourth-order valence-corrected chi connectivity index (χ4v) is 3.79. The molecule has 124 valence electrons. The number of carbonyl (C=O) groups excluding carboxylic acids is 1. The molecule has 0 saturated heterocycles. The summed E-state index contributed by atoms with van der Waals surface area (Å²) in [6.07, 6.45) is 0. The number of thiophene rings is 1. The molecule has 3 N–H and O–H groups in total. The van der Waals surface area contributed by atoms with E-state index in [1.165, 1.54) is 11.3 Å². The summed E-state index contributed by atoms with van der Waals surface area (Å²) in [7, 11) is 0. The minimum Gasteiger partial charge on any atom is -0.478 e. The Kier molecular flexibility index (Phi) is 3.66. The molecule has 1 amide bonds. The predicted octanol–water partition coefficient (Wildman–Crippen LogP) is 2.80. The topological polar surface area (TPSA) is 108 Å². The molecule has 25 heavy (non-hydrogen) atoms. The molecule has 8 heteroatoms. The Morgan fingerprint density at radius 3 is 2.76 bits per heavy atom. The van der Waals surface area contributed by atoms with Gasteiger partial charge in [-0.05, 0) is 23.8 Å². The van der Waals surface area contributed by atoms with Gasteiger partial charge < -0.3 is 10.4 Å². The molecule has 0 spiro atoms. The summed E-state index contributed by atoms with van der Waals surface area (Å²) in [4.78, 5) is 24.3. The number of nitrogens with zero attached hydrogens (tertiary/aromatic N) is 2. The van der Waals surface area contributed by atoms with Gasteiger partial charge in [0.25, 0.3) is 5.91 Å². The Balaban J connectivity index is 1.61. The lowest BCUT2D eigenvalue weighted by atomic mass is 10.1. The number of nitrogens with one attached hydrogen (secondary N) is 2. The number of fused-ring (bicyclic) bond motifs is 2. The molecule has 0 aliphatic heterocycles. The molecular formula is C17H12N4O3S. The van der Waals surface area contributed by atoms with Crippen LogP contribution in [-0.4, -0.2) is 32.4 Å². The molecule has 2 aromatic carbocycles. The van der Waals surface area contributed by atoms with Crippen molar-refractivity contribution in [2.45, 2.75) is 6.54 Å². The number of amides is 1. The van der Waals surface area contributed by atoms with E-state index in [0.717, 1.165) is 15.8 Å². The van der Waals surface area contributed by atoms with Crippen molar-refractivity contribution in [3.63, 3.8) is 0 Å². The zero-order valence-corrected chi connectivity index (χ0v) is 13.6. The molecule has 0 atom stereocenters. The Bertz CT molecular complexity index is 1120. The number of carboxylic acid groups (broad SMARTS) is 1. The minimum atomic E-state index is -1.10. The van der Waals surface area contributed by atoms with Crippen LogP contribution in [0.1, 0.15) is 25.6 Å². The lowest BCUT2D eigenvalue weighted by Gasteiger charge is -2.05. The van der Waals surface area contributed by atoms with Gasteiger partial charge in [-0.15, -0.1) is 11.3 Å². The van der Waals surface area contributed by atoms with Gasteiger partial charge in [-0.3, -0.25) is 4.79 Å². The van der Waals surface area contributed by atoms with Crippen LogP contribution in [0, 0.1) is 0 Å². The Morgan fingerprint density at radius 1 is 1.12 bits per heavy atom. The van der Waals surface area contributed by atoms with Crippen LogP contribution in [0.15, 0.2) is 42.5 Å². The van der Waals surface area contributed by atoms with Crippen LogP contribution in [0.2, 0.25) is 0 Å². The maximum atomic E-state index is 12.5. The summed E-state index contributed by atoms with van der Waals surface area (Å²) in [6.45, 7) is 0.273. The molecule has 0 fully saturated rings. The Hall–Kier alpha value is -3.26. The molecule has 0 bridgehead atoms. The number of aromatic carboxylic acids is 1. The van der Waals surface area contributed by atoms with Crippen molar-refractivity contribution >= 4 is 44.3 Å². The first-order valence-electron chi connectivity index (χ1n) is 7.46. The van der Waals surface area contributed by atoms with Crippen LogP contribution in [0.5, 0.6) is 0 Å². The average Bonchev–Trinajstić information content (AvgIpc) is 3.23. The van der Waals surface area contributed by atoms with E-state index in [9.17, 15) is 14.7 Å². The van der Waals surface area contributed by atoms with E-state index >= 15 is 0 Å². The van der Waals surface area contributed by atoms with Gasteiger partial charge in [0.15, 0.2) is 0 Å². The number of rotatable bonds is 4. The maximum Gasteiger partial charge on any atom is 0.338 e. The van der Waals surface area contributed by atoms with E-state index < -0.39 is 11.9 Å². The van der Waals surface area contributed by atoms with E-state index in [2.05, 4.69) is 20.7 Å². The second kappa shape index (κ2) is 5.99. The second-order valence-corrected chi connectivity index (χ2v) is 6.49. The molecule has 0 unspecified atom stereocenters. The fourth-order valence-electron chi connectivity index (χ4n) is 2.68. The van der Waals surface area contributed by atoms with Crippen molar-refractivity contribution in [3.8, 4) is 0 Å². The molecule has 4 aromatic rings. The predicted molar refractivity (Wildman–Crippen MR) is 93.8 cm³/mol. The van der Waals surface area contributed by atoms with Crippen molar-refractivity contribution in [3.05, 3.63) is 58.5 Å². The first kappa shape index (κ1) is 15.3. The third-order valence-corrected chi connectivity index (χ3v) is 5.02. The van der Waals surface area contributed by atoms with Gasteiger partial charge in [0.05, 0.1) is 5.56 Å². The highest BCUT2D eigenvalue weighted by Gasteiger charge is 2.22. The van der Waals surface area contributed by atoms with E-state index in [1.54, 1.807) is 12.1 Å². The van der Waals surface area contributed by atoms with Gasteiger partial charge in [0.1, 0.15) is 15.9 Å². The molecule has 0 aliphatic carbocycles. The number of aromatic amines is 1. The monoisotopic (exact) mass is 352 g/mol. The van der Waals surface area contributed by atoms with Crippen LogP contribution in [0.4, 0.5) is 0 Å². The van der Waals surface area contributed by atoms with Crippen molar-refractivity contribution in [2.24, 2.45) is 0 Å². The highest BCUT2D eigenvalue weighted by molar-refractivity contribution is 7.21. The van der Waals surface area contributed by atoms with Gasteiger partial charge in [0.2, 0.25) is 0 Å². The van der Waals surface area contributed by atoms with Gasteiger partial charge in [-0.2, -0.15) is 15.4 Å². The number of aromatic nitrogens is 3. The lowest BCUT2D eigenvalue weighted by molar-refractivity contribution is 0.0694. The SMILES string of the molecule is O=C(NCc1ccc2n[nH]nc2c1)c1sc2ccccc2c1C(=O)O. The molecule has 2 heterocycles. The third-order valence-electron chi connectivity index (χ3n) is 3.85. The summed E-state index contributed by atoms with van der Waals surface area (Å²) < 4.78 is 0.772. The number of hydrogen-bond donors (Lipinski definition) is 3. The van der Waals surface area contributed by atoms with E-state index in [4.69, 9.17) is 0 Å². The van der Waals surface area contributed by atoms with E-state index in [-0.39, 0.29) is 17.0 Å². The molecule has 2 aromatic heterocycles. The quantitative estimate of drug-likeness (QED) is 0.523. The highest BCUT2D eigenvalue weighted by atomic mass is 32.1. The van der Waals surface area contributed by atoms with Crippen LogP contribution >= 0.6 is 11.3 Å². The number of carboxylic acids is 1. The van der Waals surface area contributed by atoms with Crippen LogP contribution in [0.25, 0.3) is 21.1 Å². The first-order valence-corrected chi connectivity index (χ1v) is 8.27. The largest absolute Gasteiger partial charge is 0.478 e. The smallest absolute Gasteiger partial charge is 0.338 e. The molecule has 0 saturated carbocycles. The minimum absolute atomic E-state index is 0.0463. The summed E-state index contributed by atoms with van der Waals surface area (Å²) >= 11 is 1.18. The standard InChI is InChI=1S/C17H12N4O3S/c22-16(18-8-9-5-6-11-12(7-9)20-21-19-11)15-14(17(23)24)10-3-1-2-4-13(10)25-15/h1-7H,8H2,(H,18,22)(H,23,24)(H,19,20,21). The van der Waals surface area contributed by atoms with Crippen LogP contribution in [-0.2, 0) is 6.54 Å². The number of H-pyrrole nitrogens is 1.